The lowest BCUT2D eigenvalue weighted by molar-refractivity contribution is -0.148. The molecular formula is C13H25N3O2. The van der Waals surface area contributed by atoms with Crippen molar-refractivity contribution in [3.05, 3.63) is 0 Å². The zero-order valence-corrected chi connectivity index (χ0v) is 12.1. The maximum atomic E-state index is 12.2. The second-order valence-electron chi connectivity index (χ2n) is 5.80. The van der Waals surface area contributed by atoms with Crippen LogP contribution in [0.4, 0.5) is 0 Å². The van der Waals surface area contributed by atoms with Gasteiger partial charge in [-0.1, -0.05) is 0 Å². The predicted molar refractivity (Wildman–Crippen MR) is 71.2 cm³/mol. The van der Waals surface area contributed by atoms with Gasteiger partial charge in [-0.15, -0.1) is 0 Å². The molecule has 1 aliphatic heterocycles. The Hall–Kier alpha value is -1.10. The van der Waals surface area contributed by atoms with E-state index in [0.29, 0.717) is 19.5 Å². The molecular weight excluding hydrogens is 230 g/mol. The van der Waals surface area contributed by atoms with Crippen molar-refractivity contribution in [2.75, 3.05) is 26.7 Å². The van der Waals surface area contributed by atoms with Gasteiger partial charge in [0, 0.05) is 32.6 Å². The van der Waals surface area contributed by atoms with E-state index < -0.39 is 0 Å². The molecule has 1 fully saturated rings. The summed E-state index contributed by atoms with van der Waals surface area (Å²) in [6.45, 7) is 10.1. The summed E-state index contributed by atoms with van der Waals surface area (Å²) in [5.41, 5.74) is -0.174. The van der Waals surface area contributed by atoms with Gasteiger partial charge >= 0.3 is 0 Å². The highest BCUT2D eigenvalue weighted by atomic mass is 16.2. The number of piperazine rings is 1. The lowest BCUT2D eigenvalue weighted by Gasteiger charge is -2.49. The lowest BCUT2D eigenvalue weighted by atomic mass is 9.96. The topological polar surface area (TPSA) is 52.7 Å². The second-order valence-corrected chi connectivity index (χ2v) is 5.80. The Labute approximate surface area is 110 Å². The lowest BCUT2D eigenvalue weighted by Crippen LogP contribution is -2.64. The first-order valence-electron chi connectivity index (χ1n) is 6.53. The fourth-order valence-electron chi connectivity index (χ4n) is 2.81. The van der Waals surface area contributed by atoms with E-state index in [-0.39, 0.29) is 23.4 Å². The van der Waals surface area contributed by atoms with Crippen molar-refractivity contribution in [1.82, 2.24) is 15.1 Å². The summed E-state index contributed by atoms with van der Waals surface area (Å²) in [5.74, 6) is 0.171. The van der Waals surface area contributed by atoms with Gasteiger partial charge in [0.15, 0.2) is 0 Å². The molecule has 0 spiro atoms. The highest BCUT2D eigenvalue weighted by Crippen LogP contribution is 2.24. The SMILES string of the molecule is CNC(=O)CCN1CC(=O)N(C(C)C)C(C)(C)C1. The highest BCUT2D eigenvalue weighted by molar-refractivity contribution is 5.80. The van der Waals surface area contributed by atoms with Gasteiger partial charge < -0.3 is 10.2 Å². The van der Waals surface area contributed by atoms with Crippen molar-refractivity contribution in [3.63, 3.8) is 0 Å². The van der Waals surface area contributed by atoms with Gasteiger partial charge in [0.05, 0.1) is 12.1 Å². The van der Waals surface area contributed by atoms with E-state index in [0.717, 1.165) is 6.54 Å². The summed E-state index contributed by atoms with van der Waals surface area (Å²) in [4.78, 5) is 27.4. The van der Waals surface area contributed by atoms with Gasteiger partial charge in [-0.3, -0.25) is 14.5 Å². The summed E-state index contributed by atoms with van der Waals surface area (Å²) in [6.07, 6.45) is 0.446. The van der Waals surface area contributed by atoms with Gasteiger partial charge in [-0.2, -0.15) is 0 Å². The van der Waals surface area contributed by atoms with E-state index >= 15 is 0 Å². The Bertz CT molecular complexity index is 326. The summed E-state index contributed by atoms with van der Waals surface area (Å²) < 4.78 is 0. The molecule has 0 radical (unpaired) electrons. The van der Waals surface area contributed by atoms with E-state index in [9.17, 15) is 9.59 Å². The minimum atomic E-state index is -0.174. The van der Waals surface area contributed by atoms with Crippen molar-refractivity contribution in [1.29, 1.82) is 0 Å². The van der Waals surface area contributed by atoms with Crippen molar-refractivity contribution >= 4 is 11.8 Å². The Morgan fingerprint density at radius 3 is 2.50 bits per heavy atom. The molecule has 1 rings (SSSR count). The number of rotatable bonds is 4. The molecule has 104 valence electrons. The van der Waals surface area contributed by atoms with Crippen LogP contribution >= 0.6 is 0 Å². The van der Waals surface area contributed by atoms with Crippen molar-refractivity contribution in [2.45, 2.75) is 45.7 Å². The average Bonchev–Trinajstić information content (AvgIpc) is 2.22. The molecule has 0 aromatic heterocycles. The minimum Gasteiger partial charge on any atom is -0.359 e. The number of carbonyl (C=O) groups is 2. The molecule has 5 heteroatoms. The first kappa shape index (κ1) is 15.0. The van der Waals surface area contributed by atoms with E-state index in [1.807, 2.05) is 18.7 Å². The largest absolute Gasteiger partial charge is 0.359 e. The van der Waals surface area contributed by atoms with Crippen LogP contribution in [0.2, 0.25) is 0 Å². The highest BCUT2D eigenvalue weighted by Gasteiger charge is 2.39. The van der Waals surface area contributed by atoms with Crippen LogP contribution in [-0.4, -0.2) is 59.9 Å². The number of amides is 2. The molecule has 1 N–H and O–H groups in total. The van der Waals surface area contributed by atoms with Crippen LogP contribution in [0.3, 0.4) is 0 Å². The third-order valence-corrected chi connectivity index (χ3v) is 3.34. The summed E-state index contributed by atoms with van der Waals surface area (Å²) >= 11 is 0. The second kappa shape index (κ2) is 5.69. The minimum absolute atomic E-state index is 0.0199. The third-order valence-electron chi connectivity index (χ3n) is 3.34. The molecule has 18 heavy (non-hydrogen) atoms. The molecule has 1 saturated heterocycles. The van der Waals surface area contributed by atoms with E-state index in [1.165, 1.54) is 0 Å². The smallest absolute Gasteiger partial charge is 0.237 e. The van der Waals surface area contributed by atoms with Crippen LogP contribution in [0.15, 0.2) is 0 Å². The van der Waals surface area contributed by atoms with Gasteiger partial charge in [0.25, 0.3) is 0 Å². The number of hydrogen-bond acceptors (Lipinski definition) is 3. The average molecular weight is 255 g/mol. The summed E-state index contributed by atoms with van der Waals surface area (Å²) in [7, 11) is 1.63. The van der Waals surface area contributed by atoms with Gasteiger partial charge in [0.2, 0.25) is 11.8 Å². The molecule has 2 amide bonds. The predicted octanol–water partition coefficient (Wildman–Crippen LogP) is 0.454. The molecule has 0 aromatic rings. The molecule has 0 saturated carbocycles. The molecule has 0 unspecified atom stereocenters. The number of nitrogens with one attached hydrogen (secondary N) is 1. The molecule has 5 nitrogen and oxygen atoms in total. The van der Waals surface area contributed by atoms with Crippen LogP contribution in [0.25, 0.3) is 0 Å². The first-order valence-corrected chi connectivity index (χ1v) is 6.53. The van der Waals surface area contributed by atoms with E-state index in [2.05, 4.69) is 24.1 Å². The summed E-state index contributed by atoms with van der Waals surface area (Å²) in [5, 5.41) is 2.60. The maximum absolute atomic E-state index is 12.2. The van der Waals surface area contributed by atoms with Crippen molar-refractivity contribution in [2.24, 2.45) is 0 Å². The van der Waals surface area contributed by atoms with Gasteiger partial charge in [-0.05, 0) is 27.7 Å². The molecule has 0 bridgehead atoms. The van der Waals surface area contributed by atoms with Crippen molar-refractivity contribution < 1.29 is 9.59 Å². The zero-order chi connectivity index (χ0) is 13.9. The monoisotopic (exact) mass is 255 g/mol. The number of hydrogen-bond donors (Lipinski definition) is 1. The Balaban J connectivity index is 2.63. The van der Waals surface area contributed by atoms with Crippen LogP contribution in [-0.2, 0) is 9.59 Å². The standard InChI is InChI=1S/C13H25N3O2/c1-10(2)16-12(18)8-15(9-13(16,3)4)7-6-11(17)14-5/h10H,6-9H2,1-5H3,(H,14,17). The normalized spacial score (nSPS) is 20.3. The van der Waals surface area contributed by atoms with Crippen LogP contribution in [0.5, 0.6) is 0 Å². The van der Waals surface area contributed by atoms with Gasteiger partial charge in [-0.25, -0.2) is 0 Å². The molecule has 1 heterocycles. The number of nitrogens with zero attached hydrogens (tertiary/aromatic N) is 2. The molecule has 0 aliphatic carbocycles. The number of carbonyl (C=O) groups excluding carboxylic acids is 2. The molecule has 1 aliphatic rings. The van der Waals surface area contributed by atoms with Crippen LogP contribution < -0.4 is 5.32 Å². The summed E-state index contributed by atoms with van der Waals surface area (Å²) in [6, 6.07) is 0.216. The van der Waals surface area contributed by atoms with Crippen molar-refractivity contribution in [3.8, 4) is 0 Å². The Kier molecular flexibility index (Phi) is 4.73. The first-order chi connectivity index (χ1) is 8.27. The maximum Gasteiger partial charge on any atom is 0.237 e. The zero-order valence-electron chi connectivity index (χ0n) is 12.1. The molecule has 0 aromatic carbocycles. The van der Waals surface area contributed by atoms with Crippen LogP contribution in [0, 0.1) is 0 Å². The van der Waals surface area contributed by atoms with Gasteiger partial charge in [0.1, 0.15) is 0 Å². The fraction of sp³-hybridized carbons (Fsp3) is 0.846. The van der Waals surface area contributed by atoms with E-state index in [1.54, 1.807) is 7.05 Å². The Morgan fingerprint density at radius 2 is 2.06 bits per heavy atom. The van der Waals surface area contributed by atoms with E-state index in [4.69, 9.17) is 0 Å². The molecule has 0 atom stereocenters. The Morgan fingerprint density at radius 1 is 1.44 bits per heavy atom. The third kappa shape index (κ3) is 3.45. The quantitative estimate of drug-likeness (QED) is 0.794. The fourth-order valence-corrected chi connectivity index (χ4v) is 2.81. The van der Waals surface area contributed by atoms with Crippen LogP contribution in [0.1, 0.15) is 34.1 Å².